The topological polar surface area (TPSA) is 87.1 Å². The summed E-state index contributed by atoms with van der Waals surface area (Å²) in [6, 6.07) is 11.6. The molecule has 6 nitrogen and oxygen atoms in total. The van der Waals surface area contributed by atoms with Crippen LogP contribution >= 0.6 is 0 Å². The number of likely N-dealkylation sites (N-methyl/N-ethyl adjacent to an activating group) is 1. The Labute approximate surface area is 138 Å². The number of hydrogen-bond acceptors (Lipinski definition) is 5. The third-order valence-corrected chi connectivity index (χ3v) is 4.14. The van der Waals surface area contributed by atoms with Gasteiger partial charge in [-0.25, -0.2) is 5.06 Å². The molecule has 0 radical (unpaired) electrons. The van der Waals surface area contributed by atoms with Crippen LogP contribution in [0.1, 0.15) is 34.0 Å². The van der Waals surface area contributed by atoms with Crippen molar-refractivity contribution in [3.63, 3.8) is 0 Å². The Morgan fingerprint density at radius 2 is 1.92 bits per heavy atom. The maximum atomic E-state index is 12.8. The molecule has 1 unspecified atom stereocenters. The fraction of sp³-hybridized carbons (Fsp3) is 0.222. The molecular formula is C18H17NO5. The SMILES string of the molecule is CN(O)C(=O)C(C)(O)c1ccc2c(c1)C(=O)c1ccccc1CO2. The minimum Gasteiger partial charge on any atom is -0.488 e. The van der Waals surface area contributed by atoms with Crippen molar-refractivity contribution in [3.8, 4) is 5.75 Å². The number of carbonyl (C=O) groups excluding carboxylic acids is 2. The van der Waals surface area contributed by atoms with Gasteiger partial charge in [-0.3, -0.25) is 14.8 Å². The zero-order valence-electron chi connectivity index (χ0n) is 13.3. The van der Waals surface area contributed by atoms with E-state index in [2.05, 4.69) is 0 Å². The van der Waals surface area contributed by atoms with E-state index in [0.717, 1.165) is 12.6 Å². The fourth-order valence-corrected chi connectivity index (χ4v) is 2.74. The molecule has 2 aromatic rings. The van der Waals surface area contributed by atoms with E-state index in [9.17, 15) is 19.9 Å². The number of hydroxylamine groups is 2. The summed E-state index contributed by atoms with van der Waals surface area (Å²) >= 11 is 0. The number of benzene rings is 2. The Hall–Kier alpha value is -2.70. The molecule has 1 heterocycles. The van der Waals surface area contributed by atoms with Crippen LogP contribution in [0.3, 0.4) is 0 Å². The van der Waals surface area contributed by atoms with Gasteiger partial charge in [0.1, 0.15) is 12.4 Å². The lowest BCUT2D eigenvalue weighted by atomic mass is 9.90. The Morgan fingerprint density at radius 1 is 1.21 bits per heavy atom. The molecule has 2 N–H and O–H groups in total. The zero-order chi connectivity index (χ0) is 17.5. The molecule has 0 bridgehead atoms. The summed E-state index contributed by atoms with van der Waals surface area (Å²) in [5, 5.41) is 20.1. The molecule has 0 aromatic heterocycles. The molecule has 1 atom stereocenters. The minimum absolute atomic E-state index is 0.198. The molecule has 0 saturated carbocycles. The summed E-state index contributed by atoms with van der Waals surface area (Å²) in [6.45, 7) is 1.53. The van der Waals surface area contributed by atoms with Crippen LogP contribution in [0.25, 0.3) is 0 Å². The summed E-state index contributed by atoms with van der Waals surface area (Å²) in [4.78, 5) is 24.8. The van der Waals surface area contributed by atoms with Gasteiger partial charge in [0.05, 0.1) is 5.56 Å². The van der Waals surface area contributed by atoms with E-state index in [4.69, 9.17) is 4.74 Å². The van der Waals surface area contributed by atoms with Gasteiger partial charge in [0, 0.05) is 18.2 Å². The quantitative estimate of drug-likeness (QED) is 0.649. The molecule has 0 saturated heterocycles. The van der Waals surface area contributed by atoms with Gasteiger partial charge < -0.3 is 9.84 Å². The Balaban J connectivity index is 2.10. The maximum absolute atomic E-state index is 12.8. The molecule has 0 aliphatic carbocycles. The Kier molecular flexibility index (Phi) is 3.87. The molecule has 1 amide bonds. The number of ketones is 1. The third-order valence-electron chi connectivity index (χ3n) is 4.14. The molecule has 3 rings (SSSR count). The Bertz CT molecular complexity index is 826. The summed E-state index contributed by atoms with van der Waals surface area (Å²) in [5.41, 5.74) is -0.198. The number of fused-ring (bicyclic) bond motifs is 2. The molecule has 2 aromatic carbocycles. The van der Waals surface area contributed by atoms with Crippen LogP contribution in [0.2, 0.25) is 0 Å². The first-order valence-electron chi connectivity index (χ1n) is 7.41. The van der Waals surface area contributed by atoms with Crippen molar-refractivity contribution in [1.29, 1.82) is 0 Å². The first kappa shape index (κ1) is 16.2. The van der Waals surface area contributed by atoms with Gasteiger partial charge in [0.2, 0.25) is 0 Å². The molecule has 1 aliphatic rings. The lowest BCUT2D eigenvalue weighted by Crippen LogP contribution is -2.41. The molecule has 24 heavy (non-hydrogen) atoms. The van der Waals surface area contributed by atoms with Crippen molar-refractivity contribution in [2.45, 2.75) is 19.1 Å². The normalized spacial score (nSPS) is 15.4. The van der Waals surface area contributed by atoms with E-state index in [1.165, 1.54) is 19.1 Å². The number of amides is 1. The van der Waals surface area contributed by atoms with Crippen LogP contribution < -0.4 is 4.74 Å². The highest BCUT2D eigenvalue weighted by Gasteiger charge is 2.36. The van der Waals surface area contributed by atoms with E-state index in [1.807, 2.05) is 12.1 Å². The number of nitrogens with zero attached hydrogens (tertiary/aromatic N) is 1. The number of ether oxygens (including phenoxy) is 1. The summed E-state index contributed by atoms with van der Waals surface area (Å²) < 4.78 is 5.67. The van der Waals surface area contributed by atoms with Crippen LogP contribution in [-0.4, -0.2) is 34.1 Å². The van der Waals surface area contributed by atoms with Gasteiger partial charge in [0.25, 0.3) is 5.91 Å². The monoisotopic (exact) mass is 327 g/mol. The Morgan fingerprint density at radius 3 is 2.62 bits per heavy atom. The van der Waals surface area contributed by atoms with E-state index in [-0.39, 0.29) is 23.5 Å². The van der Waals surface area contributed by atoms with Crippen molar-refractivity contribution < 1.29 is 24.6 Å². The zero-order valence-corrected chi connectivity index (χ0v) is 13.3. The van der Waals surface area contributed by atoms with Crippen molar-refractivity contribution in [1.82, 2.24) is 5.06 Å². The number of rotatable bonds is 2. The summed E-state index contributed by atoms with van der Waals surface area (Å²) in [7, 11) is 1.13. The molecule has 0 fully saturated rings. The largest absolute Gasteiger partial charge is 0.488 e. The van der Waals surface area contributed by atoms with Gasteiger partial charge >= 0.3 is 0 Å². The average molecular weight is 327 g/mol. The highest BCUT2D eigenvalue weighted by Crippen LogP contribution is 2.32. The van der Waals surface area contributed by atoms with Crippen LogP contribution in [0.15, 0.2) is 42.5 Å². The first-order chi connectivity index (χ1) is 11.3. The third kappa shape index (κ3) is 2.55. The molecule has 6 heteroatoms. The molecule has 0 spiro atoms. The second-order valence-corrected chi connectivity index (χ2v) is 5.89. The van der Waals surface area contributed by atoms with E-state index in [0.29, 0.717) is 16.4 Å². The fourth-order valence-electron chi connectivity index (χ4n) is 2.74. The second-order valence-electron chi connectivity index (χ2n) is 5.89. The van der Waals surface area contributed by atoms with E-state index < -0.39 is 11.5 Å². The van der Waals surface area contributed by atoms with Crippen LogP contribution in [0.4, 0.5) is 0 Å². The van der Waals surface area contributed by atoms with Gasteiger partial charge in [-0.2, -0.15) is 0 Å². The average Bonchev–Trinajstić information content (AvgIpc) is 2.71. The van der Waals surface area contributed by atoms with Crippen LogP contribution in [0.5, 0.6) is 5.75 Å². The van der Waals surface area contributed by atoms with Crippen molar-refractivity contribution >= 4 is 11.7 Å². The predicted molar refractivity (Wildman–Crippen MR) is 84.8 cm³/mol. The van der Waals surface area contributed by atoms with Gasteiger partial charge in [0.15, 0.2) is 11.4 Å². The van der Waals surface area contributed by atoms with Crippen molar-refractivity contribution in [3.05, 3.63) is 64.7 Å². The highest BCUT2D eigenvalue weighted by molar-refractivity contribution is 6.12. The minimum atomic E-state index is -1.97. The lowest BCUT2D eigenvalue weighted by molar-refractivity contribution is -0.179. The number of aliphatic hydroxyl groups is 1. The van der Waals surface area contributed by atoms with Gasteiger partial charge in [-0.15, -0.1) is 0 Å². The molecular weight excluding hydrogens is 310 g/mol. The van der Waals surface area contributed by atoms with Gasteiger partial charge in [-0.1, -0.05) is 30.3 Å². The first-order valence-corrected chi connectivity index (χ1v) is 7.41. The predicted octanol–water partition coefficient (Wildman–Crippen LogP) is 1.87. The van der Waals surface area contributed by atoms with Crippen molar-refractivity contribution in [2.24, 2.45) is 0 Å². The lowest BCUT2D eigenvalue weighted by Gasteiger charge is -2.25. The van der Waals surface area contributed by atoms with E-state index >= 15 is 0 Å². The standard InChI is InChI=1S/C18H17NO5/c1-18(22,17(21)19(2)23)12-7-8-15-14(9-12)16(20)13-6-4-3-5-11(13)10-24-15/h3-9,22-23H,10H2,1-2H3. The maximum Gasteiger partial charge on any atom is 0.281 e. The second kappa shape index (κ2) is 5.74. The van der Waals surface area contributed by atoms with E-state index in [1.54, 1.807) is 18.2 Å². The van der Waals surface area contributed by atoms with Gasteiger partial charge in [-0.05, 0) is 24.6 Å². The number of carbonyl (C=O) groups is 2. The summed E-state index contributed by atoms with van der Waals surface area (Å²) in [6.07, 6.45) is 0. The molecule has 1 aliphatic heterocycles. The van der Waals surface area contributed by atoms with Crippen molar-refractivity contribution in [2.75, 3.05) is 7.05 Å². The van der Waals surface area contributed by atoms with Crippen LogP contribution in [-0.2, 0) is 17.0 Å². The van der Waals surface area contributed by atoms with Crippen LogP contribution in [0, 0.1) is 0 Å². The molecule has 124 valence electrons. The smallest absolute Gasteiger partial charge is 0.281 e. The highest BCUT2D eigenvalue weighted by atomic mass is 16.5. The number of hydrogen-bond donors (Lipinski definition) is 2. The summed E-state index contributed by atoms with van der Waals surface area (Å²) in [5.74, 6) is -0.744.